The largest absolute Gasteiger partial charge is 0.455 e. The molecule has 0 aromatic heterocycles. The predicted octanol–water partition coefficient (Wildman–Crippen LogP) is 5.42. The van der Waals surface area contributed by atoms with Crippen molar-refractivity contribution in [3.8, 4) is 0 Å². The first-order valence-electron chi connectivity index (χ1n) is 18.7. The minimum absolute atomic E-state index is 0.0230. The second kappa shape index (κ2) is 19.9. The number of carbonyl (C=O) groups is 3. The van der Waals surface area contributed by atoms with Crippen LogP contribution in [0.3, 0.4) is 0 Å². The van der Waals surface area contributed by atoms with E-state index in [1.807, 2.05) is 13.8 Å². The number of ether oxygens (including phenoxy) is 3. The highest BCUT2D eigenvalue weighted by molar-refractivity contribution is 5.88. The van der Waals surface area contributed by atoms with E-state index in [1.165, 1.54) is 0 Å². The molecule has 4 N–H and O–H groups in total. The molecule has 0 saturated carbocycles. The number of ketones is 2. The molecule has 3 heterocycles. The van der Waals surface area contributed by atoms with Crippen LogP contribution in [0.4, 0.5) is 0 Å². The zero-order valence-electron chi connectivity index (χ0n) is 31.5. The van der Waals surface area contributed by atoms with Gasteiger partial charge in [0.2, 0.25) is 0 Å². The topological polar surface area (TPSA) is 160 Å². The Morgan fingerprint density at radius 1 is 1.00 bits per heavy atom. The van der Waals surface area contributed by atoms with Crippen molar-refractivity contribution in [2.24, 2.45) is 17.8 Å². The Kier molecular flexibility index (Phi) is 16.7. The van der Waals surface area contributed by atoms with Gasteiger partial charge in [0.15, 0.2) is 0 Å². The van der Waals surface area contributed by atoms with Gasteiger partial charge in [0, 0.05) is 31.1 Å². The van der Waals surface area contributed by atoms with Gasteiger partial charge in [0.05, 0.1) is 43.0 Å². The number of Topliss-reactive ketones (excluding diaryl/α,β-unsaturated/α-hetero) is 2. The minimum Gasteiger partial charge on any atom is -0.455 e. The van der Waals surface area contributed by atoms with E-state index in [4.69, 9.17) is 14.2 Å². The highest BCUT2D eigenvalue weighted by atomic mass is 16.6. The summed E-state index contributed by atoms with van der Waals surface area (Å²) in [6.07, 6.45) is 3.42. The summed E-state index contributed by atoms with van der Waals surface area (Å²) < 4.78 is 18.3. The average molecular weight is 715 g/mol. The molecule has 0 aliphatic carbocycles. The van der Waals surface area contributed by atoms with E-state index < -0.39 is 72.7 Å². The summed E-state index contributed by atoms with van der Waals surface area (Å²) in [5.41, 5.74) is 2.34. The summed E-state index contributed by atoms with van der Waals surface area (Å²) in [5.74, 6) is -2.02. The monoisotopic (exact) mass is 714 g/mol. The normalized spacial score (nSPS) is 37.3. The molecular formula is C41H62O10. The van der Waals surface area contributed by atoms with Gasteiger partial charge in [-0.15, -0.1) is 0 Å². The Bertz CT molecular complexity index is 1330. The second-order valence-electron chi connectivity index (χ2n) is 15.2. The van der Waals surface area contributed by atoms with Crippen molar-refractivity contribution in [3.05, 3.63) is 59.8 Å². The van der Waals surface area contributed by atoms with Crippen LogP contribution in [0.5, 0.6) is 0 Å². The summed E-state index contributed by atoms with van der Waals surface area (Å²) in [6.45, 7) is 19.0. The van der Waals surface area contributed by atoms with Gasteiger partial charge in [0.25, 0.3) is 0 Å². The lowest BCUT2D eigenvalue weighted by atomic mass is 9.87. The van der Waals surface area contributed by atoms with Crippen LogP contribution in [-0.2, 0) is 28.6 Å². The average Bonchev–Trinajstić information content (AvgIpc) is 3.70. The van der Waals surface area contributed by atoms with Crippen LogP contribution in [0, 0.1) is 17.8 Å². The number of allylic oxidation sites excluding steroid dienone is 2. The van der Waals surface area contributed by atoms with E-state index in [2.05, 4.69) is 20.1 Å². The van der Waals surface area contributed by atoms with Crippen molar-refractivity contribution in [1.82, 2.24) is 0 Å². The van der Waals surface area contributed by atoms with Crippen molar-refractivity contribution in [2.45, 2.75) is 161 Å². The number of rotatable bonds is 7. The first kappa shape index (κ1) is 42.7. The van der Waals surface area contributed by atoms with Crippen molar-refractivity contribution >= 4 is 17.5 Å². The first-order valence-corrected chi connectivity index (χ1v) is 18.7. The summed E-state index contributed by atoms with van der Waals surface area (Å²) in [7, 11) is 0. The third kappa shape index (κ3) is 12.4. The highest BCUT2D eigenvalue weighted by Crippen LogP contribution is 2.34. The Labute approximate surface area is 304 Å². The lowest BCUT2D eigenvalue weighted by Gasteiger charge is -2.26. The molecule has 0 unspecified atom stereocenters. The van der Waals surface area contributed by atoms with Crippen LogP contribution < -0.4 is 0 Å². The number of unbranched alkanes of at least 4 members (excludes halogenated alkanes) is 1. The number of hydrogen-bond donors (Lipinski definition) is 4. The smallest absolute Gasteiger partial charge is 0.309 e. The Hall–Kier alpha value is -2.73. The number of aliphatic hydroxyl groups is 4. The molecule has 3 rings (SSSR count). The fourth-order valence-corrected chi connectivity index (χ4v) is 7.01. The van der Waals surface area contributed by atoms with Gasteiger partial charge < -0.3 is 34.6 Å². The molecule has 0 spiro atoms. The summed E-state index contributed by atoms with van der Waals surface area (Å²) in [5, 5.41) is 43.6. The summed E-state index contributed by atoms with van der Waals surface area (Å²) >= 11 is 0. The fraction of sp³-hybridized carbons (Fsp3) is 0.683. The lowest BCUT2D eigenvalue weighted by Crippen LogP contribution is -2.38. The molecule has 4 bridgehead atoms. The van der Waals surface area contributed by atoms with E-state index in [0.717, 1.165) is 24.8 Å². The summed E-state index contributed by atoms with van der Waals surface area (Å²) in [4.78, 5) is 39.5. The third-order valence-corrected chi connectivity index (χ3v) is 10.8. The molecule has 10 nitrogen and oxygen atoms in total. The molecule has 0 radical (unpaired) electrons. The van der Waals surface area contributed by atoms with E-state index in [1.54, 1.807) is 45.1 Å². The van der Waals surface area contributed by atoms with E-state index in [9.17, 15) is 34.8 Å². The molecule has 2 fully saturated rings. The van der Waals surface area contributed by atoms with Crippen LogP contribution >= 0.6 is 0 Å². The number of aliphatic hydroxyl groups excluding tert-OH is 4. The molecule has 286 valence electrons. The number of esters is 1. The van der Waals surface area contributed by atoms with E-state index in [0.29, 0.717) is 30.4 Å². The Balaban J connectivity index is 1.85. The van der Waals surface area contributed by atoms with Crippen molar-refractivity contribution in [2.75, 3.05) is 0 Å². The quantitative estimate of drug-likeness (QED) is 0.152. The van der Waals surface area contributed by atoms with Crippen molar-refractivity contribution in [3.63, 3.8) is 0 Å². The third-order valence-electron chi connectivity index (χ3n) is 10.8. The van der Waals surface area contributed by atoms with Crippen LogP contribution in [0.1, 0.15) is 106 Å². The zero-order valence-corrected chi connectivity index (χ0v) is 31.5. The zero-order chi connectivity index (χ0) is 38.0. The Morgan fingerprint density at radius 2 is 1.71 bits per heavy atom. The van der Waals surface area contributed by atoms with Crippen molar-refractivity contribution in [1.29, 1.82) is 0 Å². The van der Waals surface area contributed by atoms with Gasteiger partial charge in [-0.25, -0.2) is 0 Å². The minimum atomic E-state index is -1.36. The maximum absolute atomic E-state index is 13.4. The number of cyclic esters (lactones) is 1. The predicted molar refractivity (Wildman–Crippen MR) is 196 cm³/mol. The summed E-state index contributed by atoms with van der Waals surface area (Å²) in [6, 6.07) is 0. The molecule has 51 heavy (non-hydrogen) atoms. The standard InChI is InChI=1S/C41H62O10/c1-9-10-12-23(2)39(46)24(3)13-11-14-34-35-16-15-31(49-35)20-30(42)18-26(5)32(43)21-33(44)29(8)25(4)17-28(7)40(47)41(48)37-19-27(6)36(50-37)22-38(45)51-34/h11,13-14,17,26-27,29,31,33-37,39-41,44,46-48H,2,7,9-10,12,15-16,18-22H2,1,3-6,8H3/b14-11+,24-13+,25-17+/t26-,27+,29+,31+,33-,34-,35+,36-,37+,39-,40+,41-/m0/s1. The van der Waals surface area contributed by atoms with Gasteiger partial charge in [-0.3, -0.25) is 14.4 Å². The lowest BCUT2D eigenvalue weighted by molar-refractivity contribution is -0.158. The molecule has 0 aromatic rings. The van der Waals surface area contributed by atoms with Gasteiger partial charge >= 0.3 is 5.97 Å². The van der Waals surface area contributed by atoms with Gasteiger partial charge in [0.1, 0.15) is 29.9 Å². The number of carbonyl (C=O) groups excluding carboxylic acids is 3. The van der Waals surface area contributed by atoms with Crippen molar-refractivity contribution < 1.29 is 49.0 Å². The highest BCUT2D eigenvalue weighted by Gasteiger charge is 2.41. The molecule has 2 saturated heterocycles. The molecular weight excluding hydrogens is 652 g/mol. The van der Waals surface area contributed by atoms with Crippen LogP contribution in [0.25, 0.3) is 0 Å². The maximum atomic E-state index is 13.4. The Morgan fingerprint density at radius 3 is 2.39 bits per heavy atom. The first-order chi connectivity index (χ1) is 24.0. The number of hydrogen-bond acceptors (Lipinski definition) is 10. The molecule has 12 atom stereocenters. The number of fused-ring (bicyclic) bond motifs is 4. The van der Waals surface area contributed by atoms with Gasteiger partial charge in [-0.05, 0) is 74.7 Å². The maximum Gasteiger partial charge on any atom is 0.309 e. The molecule has 3 aliphatic rings. The second-order valence-corrected chi connectivity index (χ2v) is 15.2. The SMILES string of the molecule is C=C1/C=C(\C)[C@@H](C)[C@@H](O)CC(=O)[C@@H](C)CC(=O)C[C@H]2CC[C@@H](O2)[C@H](/C=C/C=C(\C)[C@@H](O)C(=C)CCCC)OC(=O)C[C@@H]2O[C@H](C[C@H]2C)[C@H](O)[C@@H]1O. The van der Waals surface area contributed by atoms with E-state index in [-0.39, 0.29) is 48.7 Å². The van der Waals surface area contributed by atoms with Crippen LogP contribution in [0.2, 0.25) is 0 Å². The van der Waals surface area contributed by atoms with Gasteiger partial charge in [-0.1, -0.05) is 71.1 Å². The fourth-order valence-electron chi connectivity index (χ4n) is 7.01. The van der Waals surface area contributed by atoms with Gasteiger partial charge in [-0.2, -0.15) is 0 Å². The molecule has 0 amide bonds. The van der Waals surface area contributed by atoms with E-state index >= 15 is 0 Å². The molecule has 0 aromatic carbocycles. The molecule has 10 heteroatoms. The van der Waals surface area contributed by atoms with Crippen LogP contribution in [-0.4, -0.2) is 92.9 Å². The molecule has 3 aliphatic heterocycles. The van der Waals surface area contributed by atoms with Crippen LogP contribution in [0.15, 0.2) is 59.8 Å².